The Morgan fingerprint density at radius 3 is 2.36 bits per heavy atom. The van der Waals surface area contributed by atoms with Gasteiger partial charge in [-0.1, -0.05) is 0 Å². The Balaban J connectivity index is 3.16. The first kappa shape index (κ1) is 11.0. The van der Waals surface area contributed by atoms with Crippen LogP contribution in [0.25, 0.3) is 0 Å². The molecule has 0 amide bonds. The van der Waals surface area contributed by atoms with E-state index < -0.39 is 18.5 Å². The van der Waals surface area contributed by atoms with Gasteiger partial charge in [-0.15, -0.1) is 0 Å². The number of aliphatic hydroxyl groups is 1. The zero-order valence-corrected chi connectivity index (χ0v) is 7.84. The fourth-order valence-electron chi connectivity index (χ4n) is 1.05. The van der Waals surface area contributed by atoms with Crippen LogP contribution in [0, 0.1) is 0 Å². The van der Waals surface area contributed by atoms with Crippen molar-refractivity contribution in [3.8, 4) is 0 Å². The lowest BCUT2D eigenvalue weighted by atomic mass is 10.2. The van der Waals surface area contributed by atoms with E-state index in [1.807, 2.05) is 0 Å². The molecule has 0 unspecified atom stereocenters. The summed E-state index contributed by atoms with van der Waals surface area (Å²) in [6, 6.07) is -0.156. The predicted molar refractivity (Wildman–Crippen MR) is 43.5 cm³/mol. The second-order valence-electron chi connectivity index (χ2n) is 3.23. The number of aliphatic hydroxyl groups excluding tert-OH is 1. The topological polar surface area (TPSA) is 38.0 Å². The third-order valence-electron chi connectivity index (χ3n) is 1.78. The van der Waals surface area contributed by atoms with Gasteiger partial charge in [-0.2, -0.15) is 18.3 Å². The zero-order chi connectivity index (χ0) is 10.9. The maximum absolute atomic E-state index is 12.3. The number of aromatic nitrogens is 2. The van der Waals surface area contributed by atoms with Gasteiger partial charge >= 0.3 is 6.18 Å². The van der Waals surface area contributed by atoms with Crippen molar-refractivity contribution in [1.82, 2.24) is 9.78 Å². The Morgan fingerprint density at radius 2 is 2.07 bits per heavy atom. The van der Waals surface area contributed by atoms with Gasteiger partial charge in [0.05, 0.1) is 6.61 Å². The molecule has 0 aliphatic heterocycles. The fourth-order valence-corrected chi connectivity index (χ4v) is 1.05. The summed E-state index contributed by atoms with van der Waals surface area (Å²) in [7, 11) is 0. The lowest BCUT2D eigenvalue weighted by Crippen LogP contribution is -2.10. The summed E-state index contributed by atoms with van der Waals surface area (Å²) in [5.41, 5.74) is -1.19. The van der Waals surface area contributed by atoms with Gasteiger partial charge in [0.25, 0.3) is 0 Å². The van der Waals surface area contributed by atoms with Crippen molar-refractivity contribution in [3.63, 3.8) is 0 Å². The van der Waals surface area contributed by atoms with Crippen LogP contribution in [0.4, 0.5) is 13.2 Å². The molecule has 14 heavy (non-hydrogen) atoms. The van der Waals surface area contributed by atoms with Crippen molar-refractivity contribution in [3.05, 3.63) is 17.5 Å². The summed E-state index contributed by atoms with van der Waals surface area (Å²) in [5, 5.41) is 12.1. The highest BCUT2D eigenvalue weighted by molar-refractivity contribution is 5.19. The van der Waals surface area contributed by atoms with Gasteiger partial charge < -0.3 is 5.11 Å². The molecule has 0 atom stereocenters. The molecule has 0 radical (unpaired) electrons. The second-order valence-corrected chi connectivity index (χ2v) is 3.23. The second kappa shape index (κ2) is 3.61. The zero-order valence-electron chi connectivity index (χ0n) is 7.84. The van der Waals surface area contributed by atoms with Gasteiger partial charge in [0.2, 0.25) is 0 Å². The molecule has 1 aromatic rings. The summed E-state index contributed by atoms with van der Waals surface area (Å²) < 4.78 is 38.2. The molecule has 0 saturated carbocycles. The number of halogens is 3. The molecule has 0 bridgehead atoms. The highest BCUT2D eigenvalue weighted by atomic mass is 19.4. The first-order valence-electron chi connectivity index (χ1n) is 4.12. The number of hydrogen-bond acceptors (Lipinski definition) is 2. The normalized spacial score (nSPS) is 12.5. The SMILES string of the molecule is CC(C)n1cc(CO)c(C(F)(F)F)n1. The molecule has 0 fully saturated rings. The molecule has 3 nitrogen and oxygen atoms in total. The lowest BCUT2D eigenvalue weighted by Gasteiger charge is -2.05. The molecular formula is C8H11F3N2O. The summed E-state index contributed by atoms with van der Waals surface area (Å²) >= 11 is 0. The third kappa shape index (κ3) is 2.06. The standard InChI is InChI=1S/C8H11F3N2O/c1-5(2)13-3-6(4-14)7(12-13)8(9,10)11/h3,5,14H,4H2,1-2H3. The van der Waals surface area contributed by atoms with Crippen LogP contribution in [0.5, 0.6) is 0 Å². The summed E-state index contributed by atoms with van der Waals surface area (Å²) in [4.78, 5) is 0. The van der Waals surface area contributed by atoms with Crippen molar-refractivity contribution < 1.29 is 18.3 Å². The lowest BCUT2D eigenvalue weighted by molar-refractivity contribution is -0.142. The highest BCUT2D eigenvalue weighted by Crippen LogP contribution is 2.31. The Kier molecular flexibility index (Phi) is 2.84. The van der Waals surface area contributed by atoms with Gasteiger partial charge in [0.15, 0.2) is 5.69 Å². The Labute approximate surface area is 79.2 Å². The molecule has 0 spiro atoms. The van der Waals surface area contributed by atoms with Gasteiger partial charge in [-0.3, -0.25) is 4.68 Å². The van der Waals surface area contributed by atoms with Crippen LogP contribution in [-0.4, -0.2) is 14.9 Å². The van der Waals surface area contributed by atoms with Crippen LogP contribution in [-0.2, 0) is 12.8 Å². The van der Waals surface area contributed by atoms with Crippen molar-refractivity contribution in [2.75, 3.05) is 0 Å². The molecule has 0 aliphatic carbocycles. The number of rotatable bonds is 2. The summed E-state index contributed by atoms with van der Waals surface area (Å²) in [6.45, 7) is 2.78. The monoisotopic (exact) mass is 208 g/mol. The van der Waals surface area contributed by atoms with E-state index in [0.29, 0.717) is 0 Å². The minimum Gasteiger partial charge on any atom is -0.392 e. The van der Waals surface area contributed by atoms with Gasteiger partial charge in [0, 0.05) is 17.8 Å². The van der Waals surface area contributed by atoms with E-state index in [-0.39, 0.29) is 11.6 Å². The van der Waals surface area contributed by atoms with Crippen LogP contribution < -0.4 is 0 Å². The van der Waals surface area contributed by atoms with E-state index in [1.54, 1.807) is 13.8 Å². The van der Waals surface area contributed by atoms with Gasteiger partial charge in [-0.25, -0.2) is 0 Å². The van der Waals surface area contributed by atoms with E-state index in [1.165, 1.54) is 10.9 Å². The smallest absolute Gasteiger partial charge is 0.392 e. The van der Waals surface area contributed by atoms with E-state index in [9.17, 15) is 13.2 Å². The summed E-state index contributed by atoms with van der Waals surface area (Å²) in [6.07, 6.45) is -3.29. The first-order valence-corrected chi connectivity index (χ1v) is 4.12. The Bertz CT molecular complexity index is 317. The average Bonchev–Trinajstić information content (AvgIpc) is 2.46. The maximum atomic E-state index is 12.3. The molecule has 6 heteroatoms. The number of alkyl halides is 3. The molecule has 0 saturated heterocycles. The van der Waals surface area contributed by atoms with E-state index in [0.717, 1.165) is 0 Å². The largest absolute Gasteiger partial charge is 0.435 e. The molecule has 1 N–H and O–H groups in total. The third-order valence-corrected chi connectivity index (χ3v) is 1.78. The van der Waals surface area contributed by atoms with Crippen LogP contribution in [0.3, 0.4) is 0 Å². The minimum absolute atomic E-state index is 0.156. The van der Waals surface area contributed by atoms with Crippen LogP contribution >= 0.6 is 0 Å². The molecule has 80 valence electrons. The van der Waals surface area contributed by atoms with Crippen molar-refractivity contribution in [2.24, 2.45) is 0 Å². The Hall–Kier alpha value is -1.04. The quantitative estimate of drug-likeness (QED) is 0.806. The Morgan fingerprint density at radius 1 is 1.50 bits per heavy atom. The average molecular weight is 208 g/mol. The fraction of sp³-hybridized carbons (Fsp3) is 0.625. The van der Waals surface area contributed by atoms with Gasteiger partial charge in [0.1, 0.15) is 0 Å². The van der Waals surface area contributed by atoms with E-state index >= 15 is 0 Å². The molecule has 1 aromatic heterocycles. The highest BCUT2D eigenvalue weighted by Gasteiger charge is 2.37. The van der Waals surface area contributed by atoms with E-state index in [4.69, 9.17) is 5.11 Å². The molecule has 0 aromatic carbocycles. The molecule has 0 aliphatic rings. The minimum atomic E-state index is -4.50. The van der Waals surface area contributed by atoms with Crippen molar-refractivity contribution in [1.29, 1.82) is 0 Å². The van der Waals surface area contributed by atoms with Crippen LogP contribution in [0.1, 0.15) is 31.1 Å². The maximum Gasteiger partial charge on any atom is 0.435 e. The molecule has 1 heterocycles. The number of nitrogens with zero attached hydrogens (tertiary/aromatic N) is 2. The first-order chi connectivity index (χ1) is 6.36. The van der Waals surface area contributed by atoms with Crippen molar-refractivity contribution in [2.45, 2.75) is 32.7 Å². The predicted octanol–water partition coefficient (Wildman–Crippen LogP) is 1.98. The molecule has 1 rings (SSSR count). The van der Waals surface area contributed by atoms with E-state index in [2.05, 4.69) is 5.10 Å². The van der Waals surface area contributed by atoms with Gasteiger partial charge in [-0.05, 0) is 13.8 Å². The number of hydrogen-bond donors (Lipinski definition) is 1. The summed E-state index contributed by atoms with van der Waals surface area (Å²) in [5.74, 6) is 0. The molecular weight excluding hydrogens is 197 g/mol. The van der Waals surface area contributed by atoms with Crippen molar-refractivity contribution >= 4 is 0 Å². The van der Waals surface area contributed by atoms with Crippen LogP contribution in [0.2, 0.25) is 0 Å². The van der Waals surface area contributed by atoms with Crippen LogP contribution in [0.15, 0.2) is 6.20 Å².